The third-order valence-corrected chi connectivity index (χ3v) is 4.31. The zero-order chi connectivity index (χ0) is 20.8. The van der Waals surface area contributed by atoms with Gasteiger partial charge in [0.1, 0.15) is 5.82 Å². The molecule has 3 rings (SSSR count). The molecule has 0 aliphatic rings. The van der Waals surface area contributed by atoms with Crippen LogP contribution < -0.4 is 16.0 Å². The van der Waals surface area contributed by atoms with Gasteiger partial charge in [-0.25, -0.2) is 4.39 Å². The van der Waals surface area contributed by atoms with Crippen LogP contribution in [-0.4, -0.2) is 16.9 Å². The zero-order valence-corrected chi connectivity index (χ0v) is 16.3. The van der Waals surface area contributed by atoms with Crippen molar-refractivity contribution in [1.82, 2.24) is 5.32 Å². The van der Waals surface area contributed by atoms with Crippen LogP contribution in [0.2, 0.25) is 0 Å². The second-order valence-corrected chi connectivity index (χ2v) is 6.67. The number of hydrogen-bond acceptors (Lipinski definition) is 3. The van der Waals surface area contributed by atoms with E-state index in [9.17, 15) is 14.0 Å². The number of halogens is 1. The normalized spacial score (nSPS) is 10.1. The number of carbonyl (C=O) groups excluding carboxylic acids is 2. The lowest BCUT2D eigenvalue weighted by Gasteiger charge is -2.13. The molecule has 5 nitrogen and oxygen atoms in total. The van der Waals surface area contributed by atoms with Gasteiger partial charge in [0.05, 0.1) is 0 Å². The highest BCUT2D eigenvalue weighted by atomic mass is 32.1. The number of rotatable bonds is 4. The van der Waals surface area contributed by atoms with Gasteiger partial charge in [-0.05, 0) is 79.3 Å². The maximum atomic E-state index is 13.0. The molecule has 0 atom stereocenters. The van der Waals surface area contributed by atoms with Crippen molar-refractivity contribution >= 4 is 40.5 Å². The predicted octanol–water partition coefficient (Wildman–Crippen LogP) is 4.51. The summed E-state index contributed by atoms with van der Waals surface area (Å²) in [4.78, 5) is 24.4. The summed E-state index contributed by atoms with van der Waals surface area (Å²) >= 11 is 5.16. The van der Waals surface area contributed by atoms with Crippen LogP contribution in [0.3, 0.4) is 0 Å². The van der Waals surface area contributed by atoms with Gasteiger partial charge in [0.25, 0.3) is 11.8 Å². The monoisotopic (exact) mass is 407 g/mol. The Labute approximate surface area is 173 Å². The third-order valence-electron chi connectivity index (χ3n) is 4.10. The Morgan fingerprint density at radius 3 is 2.14 bits per heavy atom. The van der Waals surface area contributed by atoms with Gasteiger partial charge in [0.15, 0.2) is 5.11 Å². The van der Waals surface area contributed by atoms with Crippen LogP contribution in [0.4, 0.5) is 15.8 Å². The van der Waals surface area contributed by atoms with Gasteiger partial charge in [-0.1, -0.05) is 18.2 Å². The Hall–Kier alpha value is -3.58. The molecule has 0 aliphatic carbocycles. The second kappa shape index (κ2) is 9.07. The molecule has 0 spiro atoms. The highest BCUT2D eigenvalue weighted by Crippen LogP contribution is 2.20. The summed E-state index contributed by atoms with van der Waals surface area (Å²) in [7, 11) is 0. The van der Waals surface area contributed by atoms with Crippen LogP contribution in [0.25, 0.3) is 0 Å². The summed E-state index contributed by atoms with van der Waals surface area (Å²) in [5.41, 5.74) is 3.02. The fourth-order valence-corrected chi connectivity index (χ4v) is 2.82. The van der Waals surface area contributed by atoms with E-state index in [-0.39, 0.29) is 11.0 Å². The van der Waals surface area contributed by atoms with E-state index in [0.29, 0.717) is 22.5 Å². The number of anilines is 2. The van der Waals surface area contributed by atoms with Crippen molar-refractivity contribution in [3.63, 3.8) is 0 Å². The summed E-state index contributed by atoms with van der Waals surface area (Å²) in [5.74, 6) is -1.06. The van der Waals surface area contributed by atoms with E-state index in [0.717, 1.165) is 5.56 Å². The molecule has 0 unspecified atom stereocenters. The molecule has 0 bridgehead atoms. The fourth-order valence-electron chi connectivity index (χ4n) is 2.60. The van der Waals surface area contributed by atoms with Crippen molar-refractivity contribution in [3.8, 4) is 0 Å². The maximum Gasteiger partial charge on any atom is 0.257 e. The second-order valence-electron chi connectivity index (χ2n) is 6.26. The third kappa shape index (κ3) is 5.46. The molecular formula is C22H18FN3O2S. The zero-order valence-electron chi connectivity index (χ0n) is 15.5. The molecule has 29 heavy (non-hydrogen) atoms. The SMILES string of the molecule is Cc1cc(NC(=S)NC(=O)c2ccc(F)cc2)ccc1NC(=O)c1ccccc1. The fraction of sp³-hybridized carbons (Fsp3) is 0.0455. The topological polar surface area (TPSA) is 70.2 Å². The molecule has 7 heteroatoms. The molecule has 0 fully saturated rings. The number of hydrogen-bond donors (Lipinski definition) is 3. The summed E-state index contributed by atoms with van der Waals surface area (Å²) < 4.78 is 13.0. The van der Waals surface area contributed by atoms with Gasteiger partial charge in [-0.3, -0.25) is 14.9 Å². The first kappa shape index (κ1) is 20.2. The molecule has 0 saturated carbocycles. The first-order chi connectivity index (χ1) is 13.9. The summed E-state index contributed by atoms with van der Waals surface area (Å²) in [6.07, 6.45) is 0. The van der Waals surface area contributed by atoms with Gasteiger partial charge in [-0.2, -0.15) is 0 Å². The molecule has 3 aromatic rings. The van der Waals surface area contributed by atoms with Crippen molar-refractivity contribution in [2.45, 2.75) is 6.92 Å². The van der Waals surface area contributed by atoms with Crippen LogP contribution in [-0.2, 0) is 0 Å². The molecule has 0 saturated heterocycles. The molecular weight excluding hydrogens is 389 g/mol. The van der Waals surface area contributed by atoms with E-state index < -0.39 is 11.7 Å². The number of amides is 2. The lowest BCUT2D eigenvalue weighted by atomic mass is 10.1. The van der Waals surface area contributed by atoms with Gasteiger partial charge < -0.3 is 10.6 Å². The van der Waals surface area contributed by atoms with E-state index in [1.165, 1.54) is 24.3 Å². The van der Waals surface area contributed by atoms with Crippen LogP contribution >= 0.6 is 12.2 Å². The smallest absolute Gasteiger partial charge is 0.257 e. The Morgan fingerprint density at radius 2 is 1.48 bits per heavy atom. The first-order valence-electron chi connectivity index (χ1n) is 8.77. The molecule has 2 amide bonds. The average Bonchev–Trinajstić information content (AvgIpc) is 2.71. The van der Waals surface area contributed by atoms with Gasteiger partial charge in [-0.15, -0.1) is 0 Å². The van der Waals surface area contributed by atoms with E-state index in [1.54, 1.807) is 42.5 Å². The van der Waals surface area contributed by atoms with Crippen LogP contribution in [0.5, 0.6) is 0 Å². The van der Waals surface area contributed by atoms with Crippen molar-refractivity contribution in [2.24, 2.45) is 0 Å². The predicted molar refractivity (Wildman–Crippen MR) is 116 cm³/mol. The van der Waals surface area contributed by atoms with Gasteiger partial charge in [0, 0.05) is 22.5 Å². The molecule has 3 N–H and O–H groups in total. The Balaban J connectivity index is 1.61. The minimum atomic E-state index is -0.439. The van der Waals surface area contributed by atoms with Crippen molar-refractivity contribution in [3.05, 3.63) is 95.3 Å². The van der Waals surface area contributed by atoms with E-state index >= 15 is 0 Å². The lowest BCUT2D eigenvalue weighted by Crippen LogP contribution is -2.34. The summed E-state index contributed by atoms with van der Waals surface area (Å²) in [5, 5.41) is 8.44. The largest absolute Gasteiger partial charge is 0.332 e. The highest BCUT2D eigenvalue weighted by molar-refractivity contribution is 7.80. The quantitative estimate of drug-likeness (QED) is 0.557. The summed E-state index contributed by atoms with van der Waals surface area (Å²) in [6.45, 7) is 1.85. The number of carbonyl (C=O) groups is 2. The first-order valence-corrected chi connectivity index (χ1v) is 9.18. The standard InChI is InChI=1S/C22H18FN3O2S/c1-14-13-18(11-12-19(14)25-20(27)15-5-3-2-4-6-15)24-22(29)26-21(28)16-7-9-17(23)10-8-16/h2-13H,1H3,(H,25,27)(H2,24,26,28,29). The van der Waals surface area contributed by atoms with Crippen molar-refractivity contribution in [1.29, 1.82) is 0 Å². The number of thiocarbonyl (C=S) groups is 1. The number of nitrogens with one attached hydrogen (secondary N) is 3. The van der Waals surface area contributed by atoms with E-state index in [2.05, 4.69) is 16.0 Å². The average molecular weight is 407 g/mol. The van der Waals surface area contributed by atoms with Crippen molar-refractivity contribution < 1.29 is 14.0 Å². The van der Waals surface area contributed by atoms with E-state index in [4.69, 9.17) is 12.2 Å². The Kier molecular flexibility index (Phi) is 6.31. The lowest BCUT2D eigenvalue weighted by molar-refractivity contribution is 0.0976. The Bertz CT molecular complexity index is 1050. The molecule has 0 aromatic heterocycles. The number of benzene rings is 3. The number of aryl methyl sites for hydroxylation is 1. The van der Waals surface area contributed by atoms with Gasteiger partial charge in [0.2, 0.25) is 0 Å². The van der Waals surface area contributed by atoms with Crippen LogP contribution in [0, 0.1) is 12.7 Å². The minimum Gasteiger partial charge on any atom is -0.332 e. The maximum absolute atomic E-state index is 13.0. The van der Waals surface area contributed by atoms with E-state index in [1.807, 2.05) is 13.0 Å². The molecule has 146 valence electrons. The molecule has 0 radical (unpaired) electrons. The van der Waals surface area contributed by atoms with Crippen molar-refractivity contribution in [2.75, 3.05) is 10.6 Å². The Morgan fingerprint density at radius 1 is 0.828 bits per heavy atom. The minimum absolute atomic E-state index is 0.111. The van der Waals surface area contributed by atoms with Crippen LogP contribution in [0.1, 0.15) is 26.3 Å². The highest BCUT2D eigenvalue weighted by Gasteiger charge is 2.10. The van der Waals surface area contributed by atoms with Crippen LogP contribution in [0.15, 0.2) is 72.8 Å². The molecule has 3 aromatic carbocycles. The summed E-state index contributed by atoms with van der Waals surface area (Å²) in [6, 6.07) is 19.4. The van der Waals surface area contributed by atoms with Gasteiger partial charge >= 0.3 is 0 Å². The molecule has 0 aliphatic heterocycles. The molecule has 0 heterocycles.